The number of hydrogen-bond acceptors (Lipinski definition) is 5. The third-order valence-electron chi connectivity index (χ3n) is 4.17. The number of nitrogens with zero attached hydrogens (tertiary/aromatic N) is 1. The lowest BCUT2D eigenvalue weighted by molar-refractivity contribution is 0.0562. The van der Waals surface area contributed by atoms with Gasteiger partial charge in [-0.05, 0) is 51.9 Å². The second-order valence-corrected chi connectivity index (χ2v) is 5.77. The molecule has 21 heavy (non-hydrogen) atoms. The predicted molar refractivity (Wildman–Crippen MR) is 81.4 cm³/mol. The second kappa shape index (κ2) is 7.61. The number of ether oxygens (including phenoxy) is 1. The fourth-order valence-electron chi connectivity index (χ4n) is 2.73. The number of methoxy groups -OCH3 is 1. The van der Waals surface area contributed by atoms with Gasteiger partial charge in [0.1, 0.15) is 5.76 Å². The highest BCUT2D eigenvalue weighted by molar-refractivity contribution is 5.86. The van der Waals surface area contributed by atoms with Crippen molar-refractivity contribution in [1.29, 1.82) is 0 Å². The van der Waals surface area contributed by atoms with Crippen molar-refractivity contribution >= 4 is 5.97 Å². The first-order chi connectivity index (χ1) is 10.1. The molecule has 1 aliphatic heterocycles. The minimum atomic E-state index is -0.435. The van der Waals surface area contributed by atoms with Crippen LogP contribution in [0.5, 0.6) is 0 Å². The average molecular weight is 294 g/mol. The summed E-state index contributed by atoms with van der Waals surface area (Å²) in [7, 11) is 1.35. The largest absolute Gasteiger partial charge is 0.463 e. The maximum absolute atomic E-state index is 11.4. The molecular formula is C16H26N2O3. The lowest BCUT2D eigenvalue weighted by Crippen LogP contribution is -2.43. The Labute approximate surface area is 126 Å². The van der Waals surface area contributed by atoms with E-state index < -0.39 is 5.97 Å². The molecule has 5 heteroatoms. The van der Waals surface area contributed by atoms with Gasteiger partial charge in [-0.15, -0.1) is 0 Å². The minimum absolute atomic E-state index is 0.0793. The molecule has 2 atom stereocenters. The lowest BCUT2D eigenvalue weighted by atomic mass is 10.1. The number of likely N-dealkylation sites (tertiary alicyclic amines) is 1. The van der Waals surface area contributed by atoms with Gasteiger partial charge in [0.2, 0.25) is 5.76 Å². The summed E-state index contributed by atoms with van der Waals surface area (Å²) in [5, 5.41) is 3.48. The van der Waals surface area contributed by atoms with Gasteiger partial charge in [0, 0.05) is 12.6 Å². The summed E-state index contributed by atoms with van der Waals surface area (Å²) in [5.74, 6) is 0.585. The molecule has 2 unspecified atom stereocenters. The molecule has 1 aromatic heterocycles. The fraction of sp³-hybridized carbons (Fsp3) is 0.688. The van der Waals surface area contributed by atoms with Gasteiger partial charge in [0.15, 0.2) is 0 Å². The fourth-order valence-corrected chi connectivity index (χ4v) is 2.73. The molecule has 0 bridgehead atoms. The highest BCUT2D eigenvalue weighted by atomic mass is 16.5. The van der Waals surface area contributed by atoms with Gasteiger partial charge in [0.25, 0.3) is 0 Å². The van der Waals surface area contributed by atoms with E-state index in [0.29, 0.717) is 6.04 Å². The second-order valence-electron chi connectivity index (χ2n) is 5.77. The van der Waals surface area contributed by atoms with Crippen LogP contribution in [-0.4, -0.2) is 43.7 Å². The van der Waals surface area contributed by atoms with Gasteiger partial charge in [-0.25, -0.2) is 4.79 Å². The van der Waals surface area contributed by atoms with Gasteiger partial charge in [0.05, 0.1) is 13.2 Å². The lowest BCUT2D eigenvalue weighted by Gasteiger charge is -2.33. The van der Waals surface area contributed by atoms with Gasteiger partial charge in [-0.2, -0.15) is 0 Å². The summed E-state index contributed by atoms with van der Waals surface area (Å²) in [5.41, 5.74) is 0. The maximum Gasteiger partial charge on any atom is 0.373 e. The molecule has 1 fully saturated rings. The van der Waals surface area contributed by atoms with E-state index >= 15 is 0 Å². The average Bonchev–Trinajstić information content (AvgIpc) is 3.02. The Bertz CT molecular complexity index is 452. The van der Waals surface area contributed by atoms with Crippen molar-refractivity contribution in [3.8, 4) is 0 Å². The molecule has 1 aliphatic rings. The van der Waals surface area contributed by atoms with Crippen molar-refractivity contribution in [3.05, 3.63) is 23.7 Å². The summed E-state index contributed by atoms with van der Waals surface area (Å²) in [6.07, 6.45) is 3.97. The SMILES string of the molecule is COC(=O)c1ccc(C(C)NCC(C)N2CCCCC2)o1. The van der Waals surface area contributed by atoms with E-state index in [1.807, 2.05) is 13.0 Å². The molecule has 118 valence electrons. The minimum Gasteiger partial charge on any atom is -0.463 e. The Morgan fingerprint density at radius 1 is 1.33 bits per heavy atom. The quantitative estimate of drug-likeness (QED) is 0.817. The van der Waals surface area contributed by atoms with Crippen molar-refractivity contribution in [2.24, 2.45) is 0 Å². The van der Waals surface area contributed by atoms with E-state index in [4.69, 9.17) is 4.42 Å². The number of rotatable bonds is 6. The molecule has 1 saturated heterocycles. The Kier molecular flexibility index (Phi) is 5.82. The standard InChI is InChI=1S/C16H26N2O3/c1-12(18-9-5-4-6-10-18)11-17-13(2)14-7-8-15(21-14)16(19)20-3/h7-8,12-13,17H,4-6,9-11H2,1-3H3. The van der Waals surface area contributed by atoms with Crippen LogP contribution in [-0.2, 0) is 4.74 Å². The zero-order chi connectivity index (χ0) is 15.2. The van der Waals surface area contributed by atoms with Crippen LogP contribution in [0.4, 0.5) is 0 Å². The van der Waals surface area contributed by atoms with Crippen LogP contribution in [0.25, 0.3) is 0 Å². The highest BCUT2D eigenvalue weighted by Gasteiger charge is 2.19. The van der Waals surface area contributed by atoms with Crippen molar-refractivity contribution in [2.45, 2.75) is 45.2 Å². The zero-order valence-electron chi connectivity index (χ0n) is 13.2. The maximum atomic E-state index is 11.4. The predicted octanol–water partition coefficient (Wildman–Crippen LogP) is 2.59. The Morgan fingerprint density at radius 3 is 2.71 bits per heavy atom. The molecule has 0 aromatic carbocycles. The summed E-state index contributed by atoms with van der Waals surface area (Å²) in [6, 6.07) is 4.08. The number of carbonyl (C=O) groups excluding carboxylic acids is 1. The van der Waals surface area contributed by atoms with Crippen molar-refractivity contribution in [3.63, 3.8) is 0 Å². The Morgan fingerprint density at radius 2 is 2.05 bits per heavy atom. The van der Waals surface area contributed by atoms with Gasteiger partial charge in [-0.1, -0.05) is 6.42 Å². The molecule has 5 nitrogen and oxygen atoms in total. The smallest absolute Gasteiger partial charge is 0.373 e. The Balaban J connectivity index is 1.82. The van der Waals surface area contributed by atoms with E-state index in [2.05, 4.69) is 21.9 Å². The number of furan rings is 1. The first-order valence-corrected chi connectivity index (χ1v) is 7.77. The number of hydrogen-bond donors (Lipinski definition) is 1. The summed E-state index contributed by atoms with van der Waals surface area (Å²) < 4.78 is 10.2. The van der Waals surface area contributed by atoms with Crippen LogP contribution in [0.1, 0.15) is 55.5 Å². The summed E-state index contributed by atoms with van der Waals surface area (Å²) in [6.45, 7) is 7.61. The number of carbonyl (C=O) groups is 1. The molecule has 2 heterocycles. The monoisotopic (exact) mass is 294 g/mol. The topological polar surface area (TPSA) is 54.7 Å². The molecule has 0 amide bonds. The third-order valence-corrected chi connectivity index (χ3v) is 4.17. The zero-order valence-corrected chi connectivity index (χ0v) is 13.2. The van der Waals surface area contributed by atoms with E-state index in [1.165, 1.54) is 39.5 Å². The highest BCUT2D eigenvalue weighted by Crippen LogP contribution is 2.17. The summed E-state index contributed by atoms with van der Waals surface area (Å²) in [4.78, 5) is 13.9. The molecule has 0 radical (unpaired) electrons. The first-order valence-electron chi connectivity index (χ1n) is 7.77. The first kappa shape index (κ1) is 16.0. The molecule has 1 aromatic rings. The summed E-state index contributed by atoms with van der Waals surface area (Å²) >= 11 is 0. The van der Waals surface area contributed by atoms with E-state index in [9.17, 15) is 4.79 Å². The van der Waals surface area contributed by atoms with E-state index in [0.717, 1.165) is 12.3 Å². The van der Waals surface area contributed by atoms with Gasteiger partial charge < -0.3 is 14.5 Å². The van der Waals surface area contributed by atoms with Crippen molar-refractivity contribution in [2.75, 3.05) is 26.7 Å². The van der Waals surface area contributed by atoms with E-state index in [1.54, 1.807) is 6.07 Å². The number of esters is 1. The Hall–Kier alpha value is -1.33. The van der Waals surface area contributed by atoms with Crippen LogP contribution in [0.3, 0.4) is 0 Å². The third kappa shape index (κ3) is 4.32. The molecule has 1 N–H and O–H groups in total. The van der Waals surface area contributed by atoms with Crippen LogP contribution in [0, 0.1) is 0 Å². The molecule has 0 saturated carbocycles. The number of piperidine rings is 1. The number of nitrogens with one attached hydrogen (secondary N) is 1. The van der Waals surface area contributed by atoms with Crippen molar-refractivity contribution in [1.82, 2.24) is 10.2 Å². The molecule has 0 spiro atoms. The van der Waals surface area contributed by atoms with Crippen LogP contribution < -0.4 is 5.32 Å². The molecule has 0 aliphatic carbocycles. The normalized spacial score (nSPS) is 19.2. The van der Waals surface area contributed by atoms with Crippen LogP contribution in [0.15, 0.2) is 16.5 Å². The van der Waals surface area contributed by atoms with Gasteiger partial charge in [-0.3, -0.25) is 4.90 Å². The van der Waals surface area contributed by atoms with E-state index in [-0.39, 0.29) is 11.8 Å². The van der Waals surface area contributed by atoms with Gasteiger partial charge >= 0.3 is 5.97 Å². The molecule has 2 rings (SSSR count). The van der Waals surface area contributed by atoms with Crippen molar-refractivity contribution < 1.29 is 13.9 Å². The molecular weight excluding hydrogens is 268 g/mol. The van der Waals surface area contributed by atoms with Crippen LogP contribution >= 0.6 is 0 Å². The van der Waals surface area contributed by atoms with Crippen LogP contribution in [0.2, 0.25) is 0 Å².